The van der Waals surface area contributed by atoms with Crippen LogP contribution < -0.4 is 10.6 Å². The Hall–Kier alpha value is -0.750. The second kappa shape index (κ2) is 6.99. The molecule has 0 bridgehead atoms. The van der Waals surface area contributed by atoms with E-state index >= 15 is 0 Å². The van der Waals surface area contributed by atoms with Gasteiger partial charge in [-0.2, -0.15) is 11.8 Å². The van der Waals surface area contributed by atoms with Crippen molar-refractivity contribution in [2.75, 3.05) is 18.6 Å². The molecule has 3 N–H and O–H groups in total. The van der Waals surface area contributed by atoms with Crippen LogP contribution in [0.3, 0.4) is 0 Å². The van der Waals surface area contributed by atoms with Gasteiger partial charge in [0.1, 0.15) is 6.04 Å². The third-order valence-corrected chi connectivity index (χ3v) is 3.98. The van der Waals surface area contributed by atoms with Gasteiger partial charge in [-0.15, -0.1) is 0 Å². The van der Waals surface area contributed by atoms with Gasteiger partial charge in [0, 0.05) is 0 Å². The first-order valence-corrected chi connectivity index (χ1v) is 7.67. The number of carboxylic acids is 1. The smallest absolute Gasteiger partial charge is 0.326 e. The molecule has 1 heterocycles. The van der Waals surface area contributed by atoms with Gasteiger partial charge in [-0.3, -0.25) is 4.79 Å². The minimum atomic E-state index is -0.961. The number of carbonyl (C=O) groups excluding carboxylic acids is 1. The number of amides is 1. The van der Waals surface area contributed by atoms with E-state index in [2.05, 4.69) is 10.6 Å². The summed E-state index contributed by atoms with van der Waals surface area (Å²) in [4.78, 5) is 23.2. The van der Waals surface area contributed by atoms with Crippen LogP contribution in [-0.2, 0) is 9.59 Å². The first-order chi connectivity index (χ1) is 8.49. The van der Waals surface area contributed by atoms with Crippen molar-refractivity contribution in [3.63, 3.8) is 0 Å². The summed E-state index contributed by atoms with van der Waals surface area (Å²) in [5, 5.41) is 14.9. The normalized spacial score (nSPS) is 25.4. The number of hydrogen-bond donors (Lipinski definition) is 3. The second-order valence-electron chi connectivity index (χ2n) is 4.86. The molecule has 0 aromatic carbocycles. The predicted molar refractivity (Wildman–Crippen MR) is 72.8 cm³/mol. The molecule has 6 heteroatoms. The molecule has 1 fully saturated rings. The summed E-state index contributed by atoms with van der Waals surface area (Å²) < 4.78 is 0. The fraction of sp³-hybridized carbons (Fsp3) is 0.833. The second-order valence-corrected chi connectivity index (χ2v) is 5.85. The van der Waals surface area contributed by atoms with Crippen LogP contribution in [0.4, 0.5) is 0 Å². The highest BCUT2D eigenvalue weighted by Crippen LogP contribution is 2.19. The van der Waals surface area contributed by atoms with Gasteiger partial charge in [0.15, 0.2) is 0 Å². The highest BCUT2D eigenvalue weighted by Gasteiger charge is 2.36. The molecule has 0 aromatic heterocycles. The van der Waals surface area contributed by atoms with Crippen LogP contribution in [0.5, 0.6) is 0 Å². The lowest BCUT2D eigenvalue weighted by atomic mass is 9.89. The molecule has 0 aliphatic carbocycles. The Bertz CT molecular complexity index is 304. The fourth-order valence-corrected chi connectivity index (χ4v) is 2.53. The molecule has 1 aliphatic heterocycles. The first kappa shape index (κ1) is 15.3. The Labute approximate surface area is 112 Å². The minimum Gasteiger partial charge on any atom is -0.480 e. The number of rotatable bonds is 6. The number of aliphatic carboxylic acids is 1. The Kier molecular flexibility index (Phi) is 5.95. The molecule has 1 unspecified atom stereocenters. The standard InChI is InChI=1S/C12H22N2O3S/c1-12(6-3-4-7-13-12)11(17)14-9(10(15)16)5-8-18-2/h9,13H,3-8H2,1-2H3,(H,14,17)(H,15,16)/t9-,12?/m0/s1. The molecule has 0 radical (unpaired) electrons. The molecule has 1 saturated heterocycles. The topological polar surface area (TPSA) is 78.4 Å². The Morgan fingerprint density at radius 1 is 1.50 bits per heavy atom. The van der Waals surface area contributed by atoms with Crippen LogP contribution in [0.25, 0.3) is 0 Å². The molecule has 5 nitrogen and oxygen atoms in total. The number of carboxylic acid groups (broad SMARTS) is 1. The number of piperidine rings is 1. The van der Waals surface area contributed by atoms with Crippen LogP contribution in [0.15, 0.2) is 0 Å². The van der Waals surface area contributed by atoms with Gasteiger partial charge >= 0.3 is 5.97 Å². The van der Waals surface area contributed by atoms with Gasteiger partial charge in [-0.25, -0.2) is 4.79 Å². The van der Waals surface area contributed by atoms with Crippen molar-refractivity contribution in [3.8, 4) is 0 Å². The lowest BCUT2D eigenvalue weighted by molar-refractivity contribution is -0.143. The summed E-state index contributed by atoms with van der Waals surface area (Å²) in [6, 6.07) is -0.787. The minimum absolute atomic E-state index is 0.198. The van der Waals surface area contributed by atoms with E-state index in [0.29, 0.717) is 6.42 Å². The number of thioether (sulfide) groups is 1. The van der Waals surface area contributed by atoms with Crippen molar-refractivity contribution in [3.05, 3.63) is 0 Å². The van der Waals surface area contributed by atoms with E-state index in [-0.39, 0.29) is 5.91 Å². The molecule has 1 amide bonds. The number of nitrogens with one attached hydrogen (secondary N) is 2. The molecule has 0 saturated carbocycles. The summed E-state index contributed by atoms with van der Waals surface area (Å²) in [5.74, 6) is -0.436. The predicted octanol–water partition coefficient (Wildman–Crippen LogP) is 0.841. The van der Waals surface area contributed by atoms with Crippen molar-refractivity contribution >= 4 is 23.6 Å². The zero-order chi connectivity index (χ0) is 13.6. The summed E-state index contributed by atoms with van der Waals surface area (Å²) in [6.45, 7) is 2.65. The Balaban J connectivity index is 2.56. The van der Waals surface area contributed by atoms with Gasteiger partial charge in [-0.05, 0) is 51.2 Å². The maximum atomic E-state index is 12.2. The quantitative estimate of drug-likeness (QED) is 0.669. The van der Waals surface area contributed by atoms with E-state index in [1.165, 1.54) is 0 Å². The van der Waals surface area contributed by atoms with Gasteiger partial charge in [0.05, 0.1) is 5.54 Å². The van der Waals surface area contributed by atoms with Crippen molar-refractivity contribution in [1.29, 1.82) is 0 Å². The average molecular weight is 274 g/mol. The number of hydrogen-bond acceptors (Lipinski definition) is 4. The zero-order valence-electron chi connectivity index (χ0n) is 11.0. The SMILES string of the molecule is CSCC[C@H](NC(=O)C1(C)CCCCN1)C(=O)O. The van der Waals surface area contributed by atoms with Crippen LogP contribution in [-0.4, -0.2) is 47.1 Å². The lowest BCUT2D eigenvalue weighted by Crippen LogP contribution is -2.59. The van der Waals surface area contributed by atoms with E-state index in [4.69, 9.17) is 5.11 Å². The fourth-order valence-electron chi connectivity index (χ4n) is 2.06. The molecule has 0 spiro atoms. The highest BCUT2D eigenvalue weighted by molar-refractivity contribution is 7.98. The maximum Gasteiger partial charge on any atom is 0.326 e. The first-order valence-electron chi connectivity index (χ1n) is 6.27. The molecule has 104 valence electrons. The summed E-state index contributed by atoms with van der Waals surface area (Å²) in [7, 11) is 0. The monoisotopic (exact) mass is 274 g/mol. The third-order valence-electron chi connectivity index (χ3n) is 3.33. The zero-order valence-corrected chi connectivity index (χ0v) is 11.8. The van der Waals surface area contributed by atoms with Gasteiger partial charge in [-0.1, -0.05) is 0 Å². The highest BCUT2D eigenvalue weighted by atomic mass is 32.2. The molecule has 18 heavy (non-hydrogen) atoms. The van der Waals surface area contributed by atoms with E-state index in [1.807, 2.05) is 13.2 Å². The van der Waals surface area contributed by atoms with Crippen LogP contribution >= 0.6 is 11.8 Å². The largest absolute Gasteiger partial charge is 0.480 e. The summed E-state index contributed by atoms with van der Waals surface area (Å²) >= 11 is 1.58. The van der Waals surface area contributed by atoms with Crippen LogP contribution in [0, 0.1) is 0 Å². The van der Waals surface area contributed by atoms with Gasteiger partial charge in [0.25, 0.3) is 0 Å². The van der Waals surface area contributed by atoms with Crippen molar-refractivity contribution in [2.45, 2.75) is 44.2 Å². The van der Waals surface area contributed by atoms with E-state index < -0.39 is 17.6 Å². The molecule has 1 rings (SSSR count). The summed E-state index contributed by atoms with van der Waals surface area (Å²) in [5.41, 5.74) is -0.620. The van der Waals surface area contributed by atoms with Gasteiger partial charge in [0.2, 0.25) is 5.91 Å². The van der Waals surface area contributed by atoms with Gasteiger partial charge < -0.3 is 15.7 Å². The van der Waals surface area contributed by atoms with Crippen molar-refractivity contribution in [1.82, 2.24) is 10.6 Å². The number of carbonyl (C=O) groups is 2. The lowest BCUT2D eigenvalue weighted by Gasteiger charge is -2.34. The molecule has 0 aromatic rings. The van der Waals surface area contributed by atoms with Crippen LogP contribution in [0.1, 0.15) is 32.6 Å². The third kappa shape index (κ3) is 4.17. The average Bonchev–Trinajstić information content (AvgIpc) is 2.34. The van der Waals surface area contributed by atoms with E-state index in [9.17, 15) is 9.59 Å². The Morgan fingerprint density at radius 3 is 2.72 bits per heavy atom. The maximum absolute atomic E-state index is 12.2. The molecule has 2 atom stereocenters. The van der Waals surface area contributed by atoms with Crippen molar-refractivity contribution < 1.29 is 14.7 Å². The van der Waals surface area contributed by atoms with Crippen molar-refractivity contribution in [2.24, 2.45) is 0 Å². The summed E-state index contributed by atoms with van der Waals surface area (Å²) in [6.07, 6.45) is 5.20. The molecule has 1 aliphatic rings. The Morgan fingerprint density at radius 2 is 2.22 bits per heavy atom. The van der Waals surface area contributed by atoms with Crippen LogP contribution in [0.2, 0.25) is 0 Å². The van der Waals surface area contributed by atoms with E-state index in [1.54, 1.807) is 11.8 Å². The van der Waals surface area contributed by atoms with E-state index in [0.717, 1.165) is 31.6 Å². The molecular weight excluding hydrogens is 252 g/mol. The molecular formula is C12H22N2O3S.